The van der Waals surface area contributed by atoms with Gasteiger partial charge in [-0.15, -0.1) is 0 Å². The normalized spacial score (nSPS) is 10.8. The van der Waals surface area contributed by atoms with Crippen molar-refractivity contribution in [3.8, 4) is 5.69 Å². The second-order valence-electron chi connectivity index (χ2n) is 6.45. The standard InChI is InChI=1S/C20H18FN7O2/c21-13-6-7-16-15(12-13)19(30)27-20(26-16)23-9-3-8-22-18(29)14-4-1-2-5-17(14)28-24-10-11-25-28/h1-2,4-7,10-12H,3,8-9H2,(H,22,29)(H2,23,26,27,30). The van der Waals surface area contributed by atoms with Crippen LogP contribution in [-0.2, 0) is 0 Å². The molecule has 3 N–H and O–H groups in total. The molecule has 4 aromatic rings. The first kappa shape index (κ1) is 19.2. The number of benzene rings is 2. The lowest BCUT2D eigenvalue weighted by Gasteiger charge is -2.10. The Kier molecular flexibility index (Phi) is 5.46. The van der Waals surface area contributed by atoms with Crippen molar-refractivity contribution in [1.29, 1.82) is 0 Å². The summed E-state index contributed by atoms with van der Waals surface area (Å²) in [7, 11) is 0. The summed E-state index contributed by atoms with van der Waals surface area (Å²) in [6, 6.07) is 10.9. The summed E-state index contributed by atoms with van der Waals surface area (Å²) in [6.45, 7) is 0.883. The first-order chi connectivity index (χ1) is 14.6. The van der Waals surface area contributed by atoms with Gasteiger partial charge in [0, 0.05) is 13.1 Å². The van der Waals surface area contributed by atoms with E-state index in [2.05, 4.69) is 30.8 Å². The van der Waals surface area contributed by atoms with Crippen LogP contribution in [0.25, 0.3) is 16.6 Å². The largest absolute Gasteiger partial charge is 0.356 e. The predicted octanol–water partition coefficient (Wildman–Crippen LogP) is 1.87. The van der Waals surface area contributed by atoms with Crippen LogP contribution in [-0.4, -0.2) is 44.0 Å². The van der Waals surface area contributed by atoms with E-state index in [0.717, 1.165) is 6.07 Å². The number of para-hydroxylation sites is 1. The number of nitrogens with zero attached hydrogens (tertiary/aromatic N) is 4. The number of fused-ring (bicyclic) bond motifs is 1. The summed E-state index contributed by atoms with van der Waals surface area (Å²) in [4.78, 5) is 32.8. The number of hydrogen-bond donors (Lipinski definition) is 3. The molecule has 0 aliphatic rings. The number of aromatic amines is 1. The van der Waals surface area contributed by atoms with Crippen molar-refractivity contribution < 1.29 is 9.18 Å². The molecule has 152 valence electrons. The van der Waals surface area contributed by atoms with Gasteiger partial charge in [-0.05, 0) is 36.8 Å². The maximum absolute atomic E-state index is 13.3. The molecule has 0 bridgehead atoms. The summed E-state index contributed by atoms with van der Waals surface area (Å²) in [5.41, 5.74) is 1.04. The Morgan fingerprint density at radius 2 is 1.90 bits per heavy atom. The molecular weight excluding hydrogens is 389 g/mol. The van der Waals surface area contributed by atoms with E-state index in [0.29, 0.717) is 42.2 Å². The van der Waals surface area contributed by atoms with E-state index in [9.17, 15) is 14.0 Å². The van der Waals surface area contributed by atoms with Crippen LogP contribution in [0.3, 0.4) is 0 Å². The van der Waals surface area contributed by atoms with Gasteiger partial charge in [-0.1, -0.05) is 12.1 Å². The summed E-state index contributed by atoms with van der Waals surface area (Å²) in [5.74, 6) is -0.432. The summed E-state index contributed by atoms with van der Waals surface area (Å²) < 4.78 is 13.3. The molecule has 0 unspecified atom stereocenters. The molecule has 1 amide bonds. The number of anilines is 1. The molecule has 0 saturated carbocycles. The number of H-pyrrole nitrogens is 1. The van der Waals surface area contributed by atoms with Gasteiger partial charge in [0.15, 0.2) is 0 Å². The number of hydrogen-bond acceptors (Lipinski definition) is 6. The Morgan fingerprint density at radius 1 is 1.10 bits per heavy atom. The van der Waals surface area contributed by atoms with Gasteiger partial charge >= 0.3 is 0 Å². The second kappa shape index (κ2) is 8.52. The fourth-order valence-corrected chi connectivity index (χ4v) is 2.97. The quantitative estimate of drug-likeness (QED) is 0.403. The Bertz CT molecular complexity index is 1240. The molecule has 0 spiro atoms. The number of carbonyl (C=O) groups is 1. The van der Waals surface area contributed by atoms with Crippen LogP contribution in [0.4, 0.5) is 10.3 Å². The van der Waals surface area contributed by atoms with E-state index in [1.165, 1.54) is 16.9 Å². The minimum atomic E-state index is -0.490. The lowest BCUT2D eigenvalue weighted by molar-refractivity contribution is 0.0953. The third kappa shape index (κ3) is 4.17. The van der Waals surface area contributed by atoms with Crippen molar-refractivity contribution in [1.82, 2.24) is 30.3 Å². The number of halogens is 1. The zero-order valence-electron chi connectivity index (χ0n) is 15.8. The fraction of sp³-hybridized carbons (Fsp3) is 0.150. The Balaban J connectivity index is 1.32. The number of amides is 1. The lowest BCUT2D eigenvalue weighted by atomic mass is 10.1. The third-order valence-corrected chi connectivity index (χ3v) is 4.38. The highest BCUT2D eigenvalue weighted by Gasteiger charge is 2.12. The molecule has 0 saturated heterocycles. The zero-order chi connectivity index (χ0) is 20.9. The van der Waals surface area contributed by atoms with Gasteiger partial charge in [-0.25, -0.2) is 9.37 Å². The smallest absolute Gasteiger partial charge is 0.260 e. The van der Waals surface area contributed by atoms with Crippen LogP contribution < -0.4 is 16.2 Å². The van der Waals surface area contributed by atoms with E-state index in [1.807, 2.05) is 6.07 Å². The van der Waals surface area contributed by atoms with Gasteiger partial charge in [0.05, 0.1) is 34.5 Å². The first-order valence-corrected chi connectivity index (χ1v) is 9.29. The van der Waals surface area contributed by atoms with Gasteiger partial charge in [-0.3, -0.25) is 14.6 Å². The van der Waals surface area contributed by atoms with Crippen molar-refractivity contribution in [2.45, 2.75) is 6.42 Å². The lowest BCUT2D eigenvalue weighted by Crippen LogP contribution is -2.27. The molecular formula is C20H18FN7O2. The maximum Gasteiger partial charge on any atom is 0.260 e. The number of carbonyl (C=O) groups excluding carboxylic acids is 1. The number of nitrogens with one attached hydrogen (secondary N) is 3. The van der Waals surface area contributed by atoms with Gasteiger partial charge in [0.1, 0.15) is 5.82 Å². The van der Waals surface area contributed by atoms with Crippen molar-refractivity contribution >= 4 is 22.8 Å². The predicted molar refractivity (Wildman–Crippen MR) is 109 cm³/mol. The Morgan fingerprint density at radius 3 is 2.73 bits per heavy atom. The van der Waals surface area contributed by atoms with Crippen LogP contribution in [0.1, 0.15) is 16.8 Å². The third-order valence-electron chi connectivity index (χ3n) is 4.38. The molecule has 2 aromatic carbocycles. The number of rotatable bonds is 7. The summed E-state index contributed by atoms with van der Waals surface area (Å²) in [6.07, 6.45) is 3.68. The topological polar surface area (TPSA) is 118 Å². The average Bonchev–Trinajstić information content (AvgIpc) is 3.29. The summed E-state index contributed by atoms with van der Waals surface area (Å²) in [5, 5.41) is 14.2. The van der Waals surface area contributed by atoms with Crippen LogP contribution in [0.15, 0.2) is 59.7 Å². The van der Waals surface area contributed by atoms with Crippen molar-refractivity contribution in [2.75, 3.05) is 18.4 Å². The molecule has 2 aromatic heterocycles. The van der Waals surface area contributed by atoms with Gasteiger partial charge < -0.3 is 10.6 Å². The first-order valence-electron chi connectivity index (χ1n) is 9.29. The molecule has 0 aliphatic heterocycles. The summed E-state index contributed by atoms with van der Waals surface area (Å²) >= 11 is 0. The Labute approximate surface area is 170 Å². The minimum Gasteiger partial charge on any atom is -0.356 e. The van der Waals surface area contributed by atoms with Gasteiger partial charge in [0.2, 0.25) is 5.95 Å². The molecule has 30 heavy (non-hydrogen) atoms. The molecule has 4 rings (SSSR count). The van der Waals surface area contributed by atoms with Crippen LogP contribution in [0, 0.1) is 5.82 Å². The zero-order valence-corrected chi connectivity index (χ0v) is 15.8. The van der Waals surface area contributed by atoms with E-state index in [1.54, 1.807) is 30.6 Å². The van der Waals surface area contributed by atoms with Crippen molar-refractivity contribution in [3.63, 3.8) is 0 Å². The SMILES string of the molecule is O=C(NCCCNc1nc2ccc(F)cc2c(=O)[nH]1)c1ccccc1-n1nccn1. The molecule has 10 heteroatoms. The number of aromatic nitrogens is 5. The molecule has 0 atom stereocenters. The highest BCUT2D eigenvalue weighted by molar-refractivity contribution is 5.97. The maximum atomic E-state index is 13.3. The second-order valence-corrected chi connectivity index (χ2v) is 6.45. The van der Waals surface area contributed by atoms with E-state index in [-0.39, 0.29) is 11.3 Å². The molecule has 2 heterocycles. The van der Waals surface area contributed by atoms with E-state index < -0.39 is 11.4 Å². The highest BCUT2D eigenvalue weighted by Crippen LogP contribution is 2.12. The molecule has 0 fully saturated rings. The molecule has 9 nitrogen and oxygen atoms in total. The average molecular weight is 407 g/mol. The molecule has 0 radical (unpaired) electrons. The van der Waals surface area contributed by atoms with Gasteiger partial charge in [0.25, 0.3) is 11.5 Å². The Hall–Kier alpha value is -4.08. The van der Waals surface area contributed by atoms with Crippen LogP contribution in [0.2, 0.25) is 0 Å². The van der Waals surface area contributed by atoms with E-state index in [4.69, 9.17) is 0 Å². The van der Waals surface area contributed by atoms with Crippen molar-refractivity contribution in [3.05, 3.63) is 76.6 Å². The van der Waals surface area contributed by atoms with E-state index >= 15 is 0 Å². The minimum absolute atomic E-state index is 0.193. The van der Waals surface area contributed by atoms with Crippen LogP contribution in [0.5, 0.6) is 0 Å². The highest BCUT2D eigenvalue weighted by atomic mass is 19.1. The fourth-order valence-electron chi connectivity index (χ4n) is 2.97. The van der Waals surface area contributed by atoms with Crippen molar-refractivity contribution in [2.24, 2.45) is 0 Å². The monoisotopic (exact) mass is 407 g/mol. The van der Waals surface area contributed by atoms with Gasteiger partial charge in [-0.2, -0.15) is 15.0 Å². The van der Waals surface area contributed by atoms with Crippen LogP contribution >= 0.6 is 0 Å². The molecule has 0 aliphatic carbocycles.